The van der Waals surface area contributed by atoms with E-state index in [0.717, 1.165) is 54.0 Å². The summed E-state index contributed by atoms with van der Waals surface area (Å²) in [5, 5.41) is 0. The first-order chi connectivity index (χ1) is 12.2. The summed E-state index contributed by atoms with van der Waals surface area (Å²) in [5.41, 5.74) is 0.676. The summed E-state index contributed by atoms with van der Waals surface area (Å²) in [7, 11) is 0. The van der Waals surface area contributed by atoms with Gasteiger partial charge in [-0.25, -0.2) is 0 Å². The van der Waals surface area contributed by atoms with E-state index in [1.165, 1.54) is 57.8 Å². The van der Waals surface area contributed by atoms with Gasteiger partial charge in [0.15, 0.2) is 0 Å². The molecule has 3 spiro atoms. The Morgan fingerprint density at radius 3 is 1.56 bits per heavy atom. The second kappa shape index (κ2) is 4.02. The third-order valence-corrected chi connectivity index (χ3v) is 11.0. The summed E-state index contributed by atoms with van der Waals surface area (Å²) in [5.74, 6) is 7.71. The van der Waals surface area contributed by atoms with Crippen molar-refractivity contribution < 1.29 is 9.47 Å². The van der Waals surface area contributed by atoms with Crippen LogP contribution in [0.2, 0.25) is 0 Å². The Morgan fingerprint density at radius 1 is 0.560 bits per heavy atom. The van der Waals surface area contributed by atoms with E-state index in [9.17, 15) is 0 Å². The fourth-order valence-corrected chi connectivity index (χ4v) is 10.7. The third kappa shape index (κ3) is 1.42. The molecule has 0 N–H and O–H groups in total. The van der Waals surface area contributed by atoms with Gasteiger partial charge in [-0.3, -0.25) is 0 Å². The van der Waals surface area contributed by atoms with Crippen LogP contribution in [0.25, 0.3) is 0 Å². The minimum Gasteiger partial charge on any atom is -0.371 e. The SMILES string of the molecule is C1C2CC3CC1CC(C2)C31CC2(CO1)OC21C2CC3CC(C2)CC1C3. The maximum atomic E-state index is 6.94. The lowest BCUT2D eigenvalue weighted by molar-refractivity contribution is -0.179. The molecular formula is C23H32O2. The van der Waals surface area contributed by atoms with Gasteiger partial charge < -0.3 is 9.47 Å². The van der Waals surface area contributed by atoms with Crippen molar-refractivity contribution in [1.82, 2.24) is 0 Å². The highest BCUT2D eigenvalue weighted by Crippen LogP contribution is 2.76. The average molecular weight is 341 g/mol. The van der Waals surface area contributed by atoms with Gasteiger partial charge in [-0.2, -0.15) is 0 Å². The summed E-state index contributed by atoms with van der Waals surface area (Å²) >= 11 is 0. The fraction of sp³-hybridized carbons (Fsp3) is 1.00. The lowest BCUT2D eigenvalue weighted by Crippen LogP contribution is -2.58. The van der Waals surface area contributed by atoms with Crippen molar-refractivity contribution in [2.24, 2.45) is 47.3 Å². The quantitative estimate of drug-likeness (QED) is 0.603. The predicted octanol–water partition coefficient (Wildman–Crippen LogP) is 4.57. The maximum Gasteiger partial charge on any atom is 0.124 e. The highest BCUT2D eigenvalue weighted by Gasteiger charge is 2.83. The molecule has 8 bridgehead atoms. The molecule has 0 amide bonds. The smallest absolute Gasteiger partial charge is 0.124 e. The van der Waals surface area contributed by atoms with Crippen LogP contribution in [-0.2, 0) is 9.47 Å². The Balaban J connectivity index is 1.16. The van der Waals surface area contributed by atoms with Gasteiger partial charge in [0.1, 0.15) is 11.2 Å². The predicted molar refractivity (Wildman–Crippen MR) is 93.9 cm³/mol. The van der Waals surface area contributed by atoms with Gasteiger partial charge in [0.25, 0.3) is 0 Å². The van der Waals surface area contributed by atoms with Crippen LogP contribution in [0.4, 0.5) is 0 Å². The van der Waals surface area contributed by atoms with E-state index < -0.39 is 0 Å². The van der Waals surface area contributed by atoms with E-state index >= 15 is 0 Å². The number of ether oxygens (including phenoxy) is 2. The molecule has 10 rings (SSSR count). The molecule has 0 aromatic rings. The monoisotopic (exact) mass is 340 g/mol. The summed E-state index contributed by atoms with van der Waals surface area (Å²) in [4.78, 5) is 0. The largest absolute Gasteiger partial charge is 0.371 e. The fourth-order valence-electron chi connectivity index (χ4n) is 10.7. The number of epoxide rings is 1. The van der Waals surface area contributed by atoms with E-state index in [4.69, 9.17) is 9.47 Å². The van der Waals surface area contributed by atoms with Gasteiger partial charge in [-0.1, -0.05) is 0 Å². The lowest BCUT2D eigenvalue weighted by atomic mass is 9.46. The Kier molecular flexibility index (Phi) is 2.25. The van der Waals surface area contributed by atoms with Crippen molar-refractivity contribution in [2.45, 2.75) is 87.4 Å². The third-order valence-electron chi connectivity index (χ3n) is 11.0. The van der Waals surface area contributed by atoms with E-state index in [-0.39, 0.29) is 16.8 Å². The molecule has 2 saturated heterocycles. The summed E-state index contributed by atoms with van der Waals surface area (Å²) in [6.07, 6.45) is 16.2. The van der Waals surface area contributed by atoms with Crippen LogP contribution >= 0.6 is 0 Å². The molecule has 136 valence electrons. The zero-order chi connectivity index (χ0) is 16.0. The van der Waals surface area contributed by atoms with E-state index in [1.807, 2.05) is 0 Å². The van der Waals surface area contributed by atoms with Gasteiger partial charge in [0.05, 0.1) is 12.2 Å². The van der Waals surface area contributed by atoms with Crippen molar-refractivity contribution in [1.29, 1.82) is 0 Å². The molecule has 25 heavy (non-hydrogen) atoms. The molecule has 10 fully saturated rings. The van der Waals surface area contributed by atoms with Gasteiger partial charge in [-0.15, -0.1) is 0 Å². The van der Waals surface area contributed by atoms with Crippen molar-refractivity contribution in [2.75, 3.05) is 6.61 Å². The van der Waals surface area contributed by atoms with Gasteiger partial charge in [-0.05, 0) is 112 Å². The number of hydrogen-bond acceptors (Lipinski definition) is 2. The van der Waals surface area contributed by atoms with Crippen LogP contribution < -0.4 is 0 Å². The minimum absolute atomic E-state index is 0.158. The highest BCUT2D eigenvalue weighted by atomic mass is 16.7. The van der Waals surface area contributed by atoms with E-state index in [1.54, 1.807) is 12.8 Å². The zero-order valence-electron chi connectivity index (χ0n) is 15.4. The molecule has 0 aromatic carbocycles. The van der Waals surface area contributed by atoms with Crippen LogP contribution in [0, 0.1) is 47.3 Å². The molecule has 0 aromatic heterocycles. The molecule has 1 unspecified atom stereocenters. The van der Waals surface area contributed by atoms with Crippen LogP contribution in [0.5, 0.6) is 0 Å². The molecule has 2 heterocycles. The van der Waals surface area contributed by atoms with Crippen LogP contribution in [-0.4, -0.2) is 23.4 Å². The Hall–Kier alpha value is -0.0800. The standard InChI is InChI=1S/C23H32O2/c1-13-3-17-5-14(1)6-18(4-13)22(17)11-21(12-24-22)23(25-21)19-7-15-2-16(9-19)10-20(23)8-15/h13-20H,1-12H2. The molecule has 1 atom stereocenters. The minimum atomic E-state index is 0.158. The van der Waals surface area contributed by atoms with Gasteiger partial charge >= 0.3 is 0 Å². The van der Waals surface area contributed by atoms with E-state index in [0.29, 0.717) is 0 Å². The maximum absolute atomic E-state index is 6.94. The second-order valence-corrected chi connectivity index (χ2v) is 11.9. The Labute approximate surface area is 151 Å². The summed E-state index contributed by atoms with van der Waals surface area (Å²) in [6, 6.07) is 0. The molecule has 10 aliphatic rings. The van der Waals surface area contributed by atoms with Gasteiger partial charge in [0, 0.05) is 6.42 Å². The molecule has 2 nitrogen and oxygen atoms in total. The number of rotatable bonds is 0. The molecule has 8 saturated carbocycles. The van der Waals surface area contributed by atoms with Crippen molar-refractivity contribution >= 4 is 0 Å². The highest BCUT2D eigenvalue weighted by molar-refractivity contribution is 5.31. The Bertz CT molecular complexity index is 556. The molecular weight excluding hydrogens is 308 g/mol. The average Bonchev–Trinajstić information content (AvgIpc) is 3.04. The first-order valence-electron chi connectivity index (χ1n) is 11.5. The summed E-state index contributed by atoms with van der Waals surface area (Å²) < 4.78 is 13.8. The second-order valence-electron chi connectivity index (χ2n) is 11.9. The van der Waals surface area contributed by atoms with Crippen molar-refractivity contribution in [3.8, 4) is 0 Å². The number of hydrogen-bond donors (Lipinski definition) is 0. The Morgan fingerprint density at radius 2 is 1.04 bits per heavy atom. The lowest BCUT2D eigenvalue weighted by Gasteiger charge is -2.59. The van der Waals surface area contributed by atoms with Gasteiger partial charge in [0.2, 0.25) is 0 Å². The zero-order valence-corrected chi connectivity index (χ0v) is 15.4. The summed E-state index contributed by atoms with van der Waals surface area (Å²) in [6.45, 7) is 0.956. The molecule has 8 aliphatic carbocycles. The van der Waals surface area contributed by atoms with Crippen LogP contribution in [0.15, 0.2) is 0 Å². The van der Waals surface area contributed by atoms with Crippen molar-refractivity contribution in [3.63, 3.8) is 0 Å². The molecule has 2 heteroatoms. The van der Waals surface area contributed by atoms with Crippen LogP contribution in [0.1, 0.15) is 70.6 Å². The normalized spacial score (nSPS) is 71.0. The van der Waals surface area contributed by atoms with Crippen molar-refractivity contribution in [3.05, 3.63) is 0 Å². The van der Waals surface area contributed by atoms with Crippen LogP contribution in [0.3, 0.4) is 0 Å². The first kappa shape index (κ1) is 14.0. The first-order valence-corrected chi connectivity index (χ1v) is 11.5. The molecule has 2 aliphatic heterocycles. The molecule has 0 radical (unpaired) electrons. The topological polar surface area (TPSA) is 21.8 Å². The van der Waals surface area contributed by atoms with E-state index in [2.05, 4.69) is 0 Å².